The lowest BCUT2D eigenvalue weighted by Gasteiger charge is -2.29. The SMILES string of the molecule is CC(C)N(Cc1ccccc1)c1ccc(C(=O)Nc2c(F)cccc2F)nc1. The fourth-order valence-electron chi connectivity index (χ4n) is 2.84. The molecule has 144 valence electrons. The molecule has 0 aliphatic carbocycles. The number of amides is 1. The predicted octanol–water partition coefficient (Wildman–Crippen LogP) is 5.03. The summed E-state index contributed by atoms with van der Waals surface area (Å²) in [5.74, 6) is -2.34. The van der Waals surface area contributed by atoms with Crippen LogP contribution in [0.25, 0.3) is 0 Å². The Morgan fingerprint density at radius 1 is 1.00 bits per heavy atom. The van der Waals surface area contributed by atoms with Crippen molar-refractivity contribution in [2.45, 2.75) is 26.4 Å². The van der Waals surface area contributed by atoms with Crippen molar-refractivity contribution >= 4 is 17.3 Å². The molecule has 1 aromatic heterocycles. The molecule has 0 spiro atoms. The summed E-state index contributed by atoms with van der Waals surface area (Å²) < 4.78 is 27.4. The number of pyridine rings is 1. The molecule has 3 rings (SSSR count). The average Bonchev–Trinajstić information content (AvgIpc) is 2.69. The van der Waals surface area contributed by atoms with Gasteiger partial charge in [0, 0.05) is 12.6 Å². The Bertz CT molecular complexity index is 924. The number of benzene rings is 2. The van der Waals surface area contributed by atoms with E-state index in [2.05, 4.69) is 29.0 Å². The van der Waals surface area contributed by atoms with Gasteiger partial charge in [-0.25, -0.2) is 13.8 Å². The fourth-order valence-corrected chi connectivity index (χ4v) is 2.84. The molecular formula is C22H21F2N3O. The first-order valence-electron chi connectivity index (χ1n) is 8.97. The van der Waals surface area contributed by atoms with Crippen molar-refractivity contribution < 1.29 is 13.6 Å². The van der Waals surface area contributed by atoms with Crippen LogP contribution in [0.1, 0.15) is 29.9 Å². The average molecular weight is 381 g/mol. The zero-order chi connectivity index (χ0) is 20.1. The van der Waals surface area contributed by atoms with E-state index >= 15 is 0 Å². The summed E-state index contributed by atoms with van der Waals surface area (Å²) in [4.78, 5) is 18.6. The molecule has 0 bridgehead atoms. The number of hydrogen-bond donors (Lipinski definition) is 1. The Hall–Kier alpha value is -3.28. The Morgan fingerprint density at radius 2 is 1.68 bits per heavy atom. The minimum atomic E-state index is -0.834. The number of carbonyl (C=O) groups is 1. The minimum Gasteiger partial charge on any atom is -0.364 e. The third kappa shape index (κ3) is 4.52. The van der Waals surface area contributed by atoms with Crippen molar-refractivity contribution in [2.75, 3.05) is 10.2 Å². The maximum absolute atomic E-state index is 13.7. The fraction of sp³-hybridized carbons (Fsp3) is 0.182. The van der Waals surface area contributed by atoms with E-state index in [0.29, 0.717) is 6.54 Å². The molecule has 28 heavy (non-hydrogen) atoms. The number of hydrogen-bond acceptors (Lipinski definition) is 3. The van der Waals surface area contributed by atoms with E-state index in [4.69, 9.17) is 0 Å². The summed E-state index contributed by atoms with van der Waals surface area (Å²) >= 11 is 0. The molecule has 2 aromatic carbocycles. The molecular weight excluding hydrogens is 360 g/mol. The van der Waals surface area contributed by atoms with Gasteiger partial charge in [-0.1, -0.05) is 36.4 Å². The van der Waals surface area contributed by atoms with E-state index in [1.54, 1.807) is 18.3 Å². The van der Waals surface area contributed by atoms with E-state index in [1.807, 2.05) is 30.3 Å². The quantitative estimate of drug-likeness (QED) is 0.652. The Kier molecular flexibility index (Phi) is 5.99. The van der Waals surface area contributed by atoms with Gasteiger partial charge in [0.25, 0.3) is 5.91 Å². The van der Waals surface area contributed by atoms with Crippen LogP contribution in [0.15, 0.2) is 66.9 Å². The summed E-state index contributed by atoms with van der Waals surface area (Å²) in [5.41, 5.74) is 1.61. The molecule has 1 amide bonds. The number of nitrogens with one attached hydrogen (secondary N) is 1. The molecule has 0 saturated carbocycles. The first-order valence-corrected chi connectivity index (χ1v) is 8.97. The summed E-state index contributed by atoms with van der Waals surface area (Å²) in [5, 5.41) is 2.24. The van der Waals surface area contributed by atoms with Crippen molar-refractivity contribution in [3.05, 3.63) is 89.8 Å². The van der Waals surface area contributed by atoms with E-state index in [0.717, 1.165) is 23.4 Å². The lowest BCUT2D eigenvalue weighted by atomic mass is 10.1. The lowest BCUT2D eigenvalue weighted by Crippen LogP contribution is -2.30. The van der Waals surface area contributed by atoms with Crippen molar-refractivity contribution in [1.82, 2.24) is 4.98 Å². The highest BCUT2D eigenvalue weighted by atomic mass is 19.1. The monoisotopic (exact) mass is 381 g/mol. The smallest absolute Gasteiger partial charge is 0.274 e. The summed E-state index contributed by atoms with van der Waals surface area (Å²) in [7, 11) is 0. The number of aromatic nitrogens is 1. The number of anilines is 2. The standard InChI is InChI=1S/C22H21F2N3O/c1-15(2)27(14-16-7-4-3-5-8-16)17-11-12-20(25-13-17)22(28)26-21-18(23)9-6-10-19(21)24/h3-13,15H,14H2,1-2H3,(H,26,28). The zero-order valence-electron chi connectivity index (χ0n) is 15.7. The van der Waals surface area contributed by atoms with E-state index < -0.39 is 23.2 Å². The number of para-hydroxylation sites is 1. The normalized spacial score (nSPS) is 10.8. The van der Waals surface area contributed by atoms with Crippen LogP contribution < -0.4 is 10.2 Å². The van der Waals surface area contributed by atoms with Crippen LogP contribution in [-0.2, 0) is 6.54 Å². The van der Waals surface area contributed by atoms with Crippen LogP contribution in [0.2, 0.25) is 0 Å². The summed E-state index contributed by atoms with van der Waals surface area (Å²) in [6, 6.07) is 17.0. The van der Waals surface area contributed by atoms with Gasteiger partial charge in [-0.3, -0.25) is 4.79 Å². The molecule has 4 nitrogen and oxygen atoms in total. The predicted molar refractivity (Wildman–Crippen MR) is 106 cm³/mol. The second-order valence-electron chi connectivity index (χ2n) is 6.66. The van der Waals surface area contributed by atoms with Gasteiger partial charge in [0.1, 0.15) is 23.0 Å². The molecule has 0 saturated heterocycles. The van der Waals surface area contributed by atoms with Crippen molar-refractivity contribution in [1.29, 1.82) is 0 Å². The number of rotatable bonds is 6. The minimum absolute atomic E-state index is 0.0785. The van der Waals surface area contributed by atoms with Gasteiger partial charge >= 0.3 is 0 Å². The third-order valence-electron chi connectivity index (χ3n) is 4.33. The number of halogens is 2. The maximum Gasteiger partial charge on any atom is 0.274 e. The highest BCUT2D eigenvalue weighted by Gasteiger charge is 2.16. The summed E-state index contributed by atoms with van der Waals surface area (Å²) in [6.07, 6.45) is 1.59. The summed E-state index contributed by atoms with van der Waals surface area (Å²) in [6.45, 7) is 4.85. The van der Waals surface area contributed by atoms with Crippen molar-refractivity contribution in [3.63, 3.8) is 0 Å². The van der Waals surface area contributed by atoms with Crippen LogP contribution in [0.4, 0.5) is 20.2 Å². The Balaban J connectivity index is 1.77. The molecule has 0 aliphatic heterocycles. The van der Waals surface area contributed by atoms with Gasteiger partial charge < -0.3 is 10.2 Å². The van der Waals surface area contributed by atoms with Gasteiger partial charge in [0.15, 0.2) is 0 Å². The first-order chi connectivity index (χ1) is 13.5. The van der Waals surface area contributed by atoms with Crippen molar-refractivity contribution in [2.24, 2.45) is 0 Å². The zero-order valence-corrected chi connectivity index (χ0v) is 15.7. The second kappa shape index (κ2) is 8.61. The van der Waals surface area contributed by atoms with E-state index in [1.165, 1.54) is 6.07 Å². The van der Waals surface area contributed by atoms with Crippen LogP contribution in [0.3, 0.4) is 0 Å². The number of nitrogens with zero attached hydrogens (tertiary/aromatic N) is 2. The molecule has 0 fully saturated rings. The van der Waals surface area contributed by atoms with Crippen LogP contribution in [0, 0.1) is 11.6 Å². The van der Waals surface area contributed by atoms with Crippen LogP contribution in [0.5, 0.6) is 0 Å². The highest BCUT2D eigenvalue weighted by Crippen LogP contribution is 2.21. The molecule has 0 aliphatic rings. The topological polar surface area (TPSA) is 45.2 Å². The molecule has 6 heteroatoms. The largest absolute Gasteiger partial charge is 0.364 e. The third-order valence-corrected chi connectivity index (χ3v) is 4.33. The molecule has 3 aromatic rings. The lowest BCUT2D eigenvalue weighted by molar-refractivity contribution is 0.102. The molecule has 0 atom stereocenters. The van der Waals surface area contributed by atoms with Gasteiger partial charge in [0.2, 0.25) is 0 Å². The molecule has 1 heterocycles. The first kappa shape index (κ1) is 19.5. The molecule has 0 radical (unpaired) electrons. The highest BCUT2D eigenvalue weighted by molar-refractivity contribution is 6.03. The van der Waals surface area contributed by atoms with Gasteiger partial charge in [-0.05, 0) is 43.7 Å². The van der Waals surface area contributed by atoms with E-state index in [-0.39, 0.29) is 11.7 Å². The van der Waals surface area contributed by atoms with Gasteiger partial charge in [0.05, 0.1) is 11.9 Å². The molecule has 0 unspecified atom stereocenters. The molecule has 1 N–H and O–H groups in total. The second-order valence-corrected chi connectivity index (χ2v) is 6.66. The number of carbonyl (C=O) groups excluding carboxylic acids is 1. The van der Waals surface area contributed by atoms with Crippen LogP contribution >= 0.6 is 0 Å². The maximum atomic E-state index is 13.7. The van der Waals surface area contributed by atoms with E-state index in [9.17, 15) is 13.6 Å². The van der Waals surface area contributed by atoms with Gasteiger partial charge in [-0.2, -0.15) is 0 Å². The Labute approximate surface area is 162 Å². The van der Waals surface area contributed by atoms with Gasteiger partial charge in [-0.15, -0.1) is 0 Å². The Morgan fingerprint density at radius 3 is 2.25 bits per heavy atom. The van der Waals surface area contributed by atoms with Crippen molar-refractivity contribution in [3.8, 4) is 0 Å². The van der Waals surface area contributed by atoms with Crippen LogP contribution in [-0.4, -0.2) is 16.9 Å².